The maximum absolute atomic E-state index is 12.6. The number of halogens is 2. The van der Waals surface area contributed by atoms with E-state index in [-0.39, 0.29) is 17.3 Å². The fourth-order valence-corrected chi connectivity index (χ4v) is 4.27. The van der Waals surface area contributed by atoms with Crippen molar-refractivity contribution in [2.75, 3.05) is 31.1 Å². The Morgan fingerprint density at radius 1 is 1.06 bits per heavy atom. The van der Waals surface area contributed by atoms with Gasteiger partial charge in [0.1, 0.15) is 5.01 Å². The van der Waals surface area contributed by atoms with Gasteiger partial charge in [-0.25, -0.2) is 4.68 Å². The zero-order valence-electron chi connectivity index (χ0n) is 17.3. The van der Waals surface area contributed by atoms with Crippen LogP contribution in [0.1, 0.15) is 18.0 Å². The number of rotatable bonds is 6. The summed E-state index contributed by atoms with van der Waals surface area (Å²) in [4.78, 5) is 18.9. The first-order chi connectivity index (χ1) is 16.1. The molecule has 0 amide bonds. The summed E-state index contributed by atoms with van der Waals surface area (Å²) >= 11 is 1.07. The van der Waals surface area contributed by atoms with Crippen molar-refractivity contribution >= 4 is 17.0 Å². The number of aromatic nitrogens is 5. The molecule has 1 aliphatic heterocycles. The number of hydrogen-bond donors (Lipinski definition) is 1. The summed E-state index contributed by atoms with van der Waals surface area (Å²) in [6.07, 6.45) is -1.40. The molecule has 1 fully saturated rings. The molecule has 1 saturated heterocycles. The Bertz CT molecular complexity index is 1280. The molecule has 1 N–H and O–H groups in total. The highest BCUT2D eigenvalue weighted by Crippen LogP contribution is 2.25. The quantitative estimate of drug-likeness (QED) is 0.458. The van der Waals surface area contributed by atoms with E-state index in [4.69, 9.17) is 4.42 Å². The number of benzene rings is 1. The molecule has 9 nitrogen and oxygen atoms in total. The summed E-state index contributed by atoms with van der Waals surface area (Å²) in [6, 6.07) is 11.3. The lowest BCUT2D eigenvalue weighted by Gasteiger charge is -2.29. The van der Waals surface area contributed by atoms with Gasteiger partial charge in [0.25, 0.3) is 5.89 Å². The van der Waals surface area contributed by atoms with Gasteiger partial charge in [0, 0.05) is 43.6 Å². The van der Waals surface area contributed by atoms with E-state index in [0.29, 0.717) is 16.3 Å². The zero-order chi connectivity index (χ0) is 22.8. The maximum Gasteiger partial charge on any atom is 0.325 e. The van der Waals surface area contributed by atoms with Crippen LogP contribution in [0.2, 0.25) is 0 Å². The lowest BCUT2D eigenvalue weighted by atomic mass is 10.2. The number of pyridine rings is 1. The Balaban J connectivity index is 1.29. The molecular formula is C21H19F2N7O2S. The van der Waals surface area contributed by atoms with Gasteiger partial charge in [0.15, 0.2) is 0 Å². The molecule has 0 saturated carbocycles. The molecule has 0 unspecified atom stereocenters. The highest BCUT2D eigenvalue weighted by atomic mass is 32.1. The fraction of sp³-hybridized carbons (Fsp3) is 0.286. The van der Waals surface area contributed by atoms with E-state index in [1.807, 2.05) is 24.3 Å². The number of alkyl halides is 2. The maximum atomic E-state index is 12.6. The second kappa shape index (κ2) is 9.16. The summed E-state index contributed by atoms with van der Waals surface area (Å²) in [5.41, 5.74) is 3.02. The van der Waals surface area contributed by atoms with Gasteiger partial charge in [-0.3, -0.25) is 9.78 Å². The smallest absolute Gasteiger partial charge is 0.325 e. The van der Waals surface area contributed by atoms with Crippen molar-refractivity contribution in [1.82, 2.24) is 30.3 Å². The first kappa shape index (κ1) is 21.3. The van der Waals surface area contributed by atoms with E-state index in [9.17, 15) is 13.6 Å². The van der Waals surface area contributed by atoms with Gasteiger partial charge in [0.05, 0.1) is 17.8 Å². The molecule has 5 rings (SSSR count). The molecule has 4 heterocycles. The van der Waals surface area contributed by atoms with Crippen molar-refractivity contribution in [3.05, 3.63) is 63.8 Å². The summed E-state index contributed by atoms with van der Waals surface area (Å²) < 4.78 is 31.5. The van der Waals surface area contributed by atoms with Crippen LogP contribution < -0.4 is 15.1 Å². The Hall–Kier alpha value is -3.51. The summed E-state index contributed by atoms with van der Waals surface area (Å²) in [5, 5.41) is 15.3. The van der Waals surface area contributed by atoms with Crippen LogP contribution in [0, 0.1) is 0 Å². The SMILES string of the molecule is O=c1sc(-c2ccc(N3CCNCC3)cc2)nn1Cc1ccc(-c2nnc(C(F)F)o2)cn1. The third kappa shape index (κ3) is 4.66. The van der Waals surface area contributed by atoms with E-state index in [2.05, 4.69) is 30.5 Å². The number of anilines is 1. The minimum absolute atomic E-state index is 0.0401. The van der Waals surface area contributed by atoms with Crippen molar-refractivity contribution in [2.24, 2.45) is 0 Å². The Morgan fingerprint density at radius 2 is 1.82 bits per heavy atom. The minimum atomic E-state index is -2.83. The Morgan fingerprint density at radius 3 is 2.48 bits per heavy atom. The van der Waals surface area contributed by atoms with Crippen molar-refractivity contribution in [2.45, 2.75) is 13.0 Å². The lowest BCUT2D eigenvalue weighted by molar-refractivity contribution is 0.116. The number of hydrogen-bond acceptors (Lipinski definition) is 9. The molecule has 0 atom stereocenters. The monoisotopic (exact) mass is 471 g/mol. The van der Waals surface area contributed by atoms with Crippen LogP contribution in [0.25, 0.3) is 22.0 Å². The molecule has 0 bridgehead atoms. The third-order valence-electron chi connectivity index (χ3n) is 5.21. The number of nitrogens with zero attached hydrogens (tertiary/aromatic N) is 6. The van der Waals surface area contributed by atoms with E-state index in [1.54, 1.807) is 12.1 Å². The normalized spacial score (nSPS) is 14.2. The van der Waals surface area contributed by atoms with Crippen molar-refractivity contribution in [3.63, 3.8) is 0 Å². The second-order valence-corrected chi connectivity index (χ2v) is 8.34. The molecule has 0 aliphatic carbocycles. The third-order valence-corrected chi connectivity index (χ3v) is 6.11. The first-order valence-corrected chi connectivity index (χ1v) is 11.1. The van der Waals surface area contributed by atoms with Crippen molar-refractivity contribution in [1.29, 1.82) is 0 Å². The average molecular weight is 471 g/mol. The van der Waals surface area contributed by atoms with Gasteiger partial charge in [-0.05, 0) is 36.4 Å². The fourth-order valence-electron chi connectivity index (χ4n) is 3.50. The topological polar surface area (TPSA) is 102 Å². The minimum Gasteiger partial charge on any atom is -0.415 e. The average Bonchev–Trinajstić information content (AvgIpc) is 3.48. The van der Waals surface area contributed by atoms with Crippen LogP contribution in [0.5, 0.6) is 0 Å². The number of piperazine rings is 1. The molecule has 4 aromatic rings. The highest BCUT2D eigenvalue weighted by molar-refractivity contribution is 7.12. The van der Waals surface area contributed by atoms with Gasteiger partial charge < -0.3 is 14.6 Å². The van der Waals surface area contributed by atoms with E-state index in [1.165, 1.54) is 10.9 Å². The Kier molecular flexibility index (Phi) is 5.92. The molecule has 33 heavy (non-hydrogen) atoms. The lowest BCUT2D eigenvalue weighted by Crippen LogP contribution is -2.43. The zero-order valence-corrected chi connectivity index (χ0v) is 18.1. The predicted molar refractivity (Wildman–Crippen MR) is 118 cm³/mol. The molecule has 3 aromatic heterocycles. The van der Waals surface area contributed by atoms with E-state index >= 15 is 0 Å². The second-order valence-electron chi connectivity index (χ2n) is 7.40. The van der Waals surface area contributed by atoms with Gasteiger partial charge >= 0.3 is 11.3 Å². The van der Waals surface area contributed by atoms with Gasteiger partial charge in [-0.15, -0.1) is 10.2 Å². The van der Waals surface area contributed by atoms with Crippen LogP contribution >= 0.6 is 11.3 Å². The standard InChI is InChI=1S/C21H19F2N7O2S/c22-17(23)19-27-26-18(32-19)14-1-4-15(25-11-14)12-30-21(31)33-20(28-30)13-2-5-16(6-3-13)29-9-7-24-8-10-29/h1-6,11,17,24H,7-10,12H2. The first-order valence-electron chi connectivity index (χ1n) is 10.3. The van der Waals surface area contributed by atoms with Gasteiger partial charge in [-0.2, -0.15) is 13.9 Å². The highest BCUT2D eigenvalue weighted by Gasteiger charge is 2.17. The molecule has 0 spiro atoms. The molecular weight excluding hydrogens is 452 g/mol. The molecule has 12 heteroatoms. The summed E-state index contributed by atoms with van der Waals surface area (Å²) in [5.74, 6) is -0.779. The number of nitrogens with one attached hydrogen (secondary N) is 1. The van der Waals surface area contributed by atoms with E-state index < -0.39 is 12.3 Å². The summed E-state index contributed by atoms with van der Waals surface area (Å²) in [6.45, 7) is 4.05. The predicted octanol–water partition coefficient (Wildman–Crippen LogP) is 2.81. The van der Waals surface area contributed by atoms with Crippen LogP contribution in [0.15, 0.2) is 51.8 Å². The van der Waals surface area contributed by atoms with Crippen LogP contribution in [-0.2, 0) is 6.54 Å². The van der Waals surface area contributed by atoms with Crippen LogP contribution in [-0.4, -0.2) is 51.1 Å². The largest absolute Gasteiger partial charge is 0.415 e. The van der Waals surface area contributed by atoms with Crippen molar-refractivity contribution < 1.29 is 13.2 Å². The van der Waals surface area contributed by atoms with E-state index in [0.717, 1.165) is 48.8 Å². The Labute approximate surface area is 190 Å². The molecule has 0 radical (unpaired) electrons. The van der Waals surface area contributed by atoms with Gasteiger partial charge in [0.2, 0.25) is 5.89 Å². The molecule has 1 aliphatic rings. The van der Waals surface area contributed by atoms with Crippen LogP contribution in [0.4, 0.5) is 14.5 Å². The van der Waals surface area contributed by atoms with Crippen LogP contribution in [0.3, 0.4) is 0 Å². The molecule has 170 valence electrons. The summed E-state index contributed by atoms with van der Waals surface area (Å²) in [7, 11) is 0. The van der Waals surface area contributed by atoms with Crippen molar-refractivity contribution in [3.8, 4) is 22.0 Å². The van der Waals surface area contributed by atoms with Gasteiger partial charge in [-0.1, -0.05) is 11.3 Å². The molecule has 1 aromatic carbocycles.